The van der Waals surface area contributed by atoms with Gasteiger partial charge in [0.2, 0.25) is 0 Å². The van der Waals surface area contributed by atoms with Crippen molar-refractivity contribution in [3.63, 3.8) is 0 Å². The first kappa shape index (κ1) is 17.5. The van der Waals surface area contributed by atoms with E-state index >= 15 is 0 Å². The van der Waals surface area contributed by atoms with Crippen molar-refractivity contribution in [2.24, 2.45) is 5.10 Å². The summed E-state index contributed by atoms with van der Waals surface area (Å²) in [5.74, 6) is -0.0182. The number of fused-ring (bicyclic) bond motifs is 1. The molecule has 0 N–H and O–H groups in total. The Labute approximate surface area is 160 Å². The summed E-state index contributed by atoms with van der Waals surface area (Å²) in [6.07, 6.45) is 0. The number of piperazine rings is 1. The quantitative estimate of drug-likeness (QED) is 0.780. The van der Waals surface area contributed by atoms with Gasteiger partial charge in [0.15, 0.2) is 5.71 Å². The van der Waals surface area contributed by atoms with E-state index in [1.165, 1.54) is 5.69 Å². The first-order valence-corrected chi connectivity index (χ1v) is 9.33. The molecule has 0 bridgehead atoms. The highest BCUT2D eigenvalue weighted by Gasteiger charge is 2.35. The molecule has 0 unspecified atom stereocenters. The number of rotatable bonds is 4. The van der Waals surface area contributed by atoms with E-state index in [1.807, 2.05) is 49.3 Å². The van der Waals surface area contributed by atoms with Crippen LogP contribution in [-0.2, 0) is 4.79 Å². The molecule has 27 heavy (non-hydrogen) atoms. The summed E-state index contributed by atoms with van der Waals surface area (Å²) in [6.45, 7) is 4.39. The van der Waals surface area contributed by atoms with Crippen LogP contribution in [0.25, 0.3) is 0 Å². The SMILES string of the molecule is CN(C)N=C1C(=O)N(CN2CCN(c3ccccc3)CC2)c2ccccc21. The van der Waals surface area contributed by atoms with Gasteiger partial charge in [-0.05, 0) is 18.2 Å². The molecule has 6 nitrogen and oxygen atoms in total. The molecule has 2 heterocycles. The Morgan fingerprint density at radius 3 is 2.30 bits per heavy atom. The molecule has 2 aliphatic heterocycles. The van der Waals surface area contributed by atoms with E-state index in [9.17, 15) is 4.79 Å². The molecule has 1 fully saturated rings. The fourth-order valence-corrected chi connectivity index (χ4v) is 3.69. The van der Waals surface area contributed by atoms with E-state index in [0.29, 0.717) is 12.4 Å². The summed E-state index contributed by atoms with van der Waals surface area (Å²) in [4.78, 5) is 19.6. The Bertz CT molecular complexity index is 841. The second-order valence-electron chi connectivity index (χ2n) is 7.13. The summed E-state index contributed by atoms with van der Waals surface area (Å²) in [5, 5.41) is 6.11. The van der Waals surface area contributed by atoms with Gasteiger partial charge in [-0.3, -0.25) is 14.6 Å². The lowest BCUT2D eigenvalue weighted by molar-refractivity contribution is -0.112. The number of anilines is 2. The highest BCUT2D eigenvalue weighted by Crippen LogP contribution is 2.29. The van der Waals surface area contributed by atoms with Crippen LogP contribution < -0.4 is 9.80 Å². The molecule has 6 heteroatoms. The average molecular weight is 363 g/mol. The minimum absolute atomic E-state index is 0.0182. The fourth-order valence-electron chi connectivity index (χ4n) is 3.69. The Morgan fingerprint density at radius 1 is 0.926 bits per heavy atom. The van der Waals surface area contributed by atoms with Crippen LogP contribution in [0.4, 0.5) is 11.4 Å². The number of benzene rings is 2. The Balaban J connectivity index is 1.47. The van der Waals surface area contributed by atoms with Gasteiger partial charge in [-0.2, -0.15) is 5.10 Å². The van der Waals surface area contributed by atoms with Crippen LogP contribution in [0.1, 0.15) is 5.56 Å². The van der Waals surface area contributed by atoms with Crippen molar-refractivity contribution in [3.8, 4) is 0 Å². The standard InChI is InChI=1S/C21H25N5O/c1-23(2)22-20-18-10-6-7-11-19(18)26(21(20)27)16-24-12-14-25(15-13-24)17-8-4-3-5-9-17/h3-11H,12-16H2,1-2H3. The zero-order chi connectivity index (χ0) is 18.8. The molecule has 2 aromatic carbocycles. The maximum atomic E-state index is 13.0. The minimum atomic E-state index is -0.0182. The molecule has 0 aliphatic carbocycles. The number of para-hydroxylation sites is 2. The zero-order valence-corrected chi connectivity index (χ0v) is 15.9. The number of hydrogen-bond acceptors (Lipinski definition) is 5. The maximum absolute atomic E-state index is 13.0. The molecule has 0 atom stereocenters. The van der Waals surface area contributed by atoms with E-state index < -0.39 is 0 Å². The van der Waals surface area contributed by atoms with E-state index in [1.54, 1.807) is 5.01 Å². The molecule has 2 aromatic rings. The van der Waals surface area contributed by atoms with Crippen molar-refractivity contribution >= 4 is 23.0 Å². The van der Waals surface area contributed by atoms with Crippen molar-refractivity contribution in [1.82, 2.24) is 9.91 Å². The van der Waals surface area contributed by atoms with E-state index in [0.717, 1.165) is 37.4 Å². The van der Waals surface area contributed by atoms with Gasteiger partial charge in [0.05, 0.1) is 12.4 Å². The molecule has 0 saturated carbocycles. The minimum Gasteiger partial charge on any atom is -0.369 e. The fraction of sp³-hybridized carbons (Fsp3) is 0.333. The van der Waals surface area contributed by atoms with Crippen molar-refractivity contribution < 1.29 is 4.79 Å². The second kappa shape index (κ2) is 7.40. The average Bonchev–Trinajstić information content (AvgIpc) is 2.95. The Hall–Kier alpha value is -2.86. The summed E-state index contributed by atoms with van der Waals surface area (Å²) in [5.41, 5.74) is 3.66. The third kappa shape index (κ3) is 3.53. The number of nitrogens with zero attached hydrogens (tertiary/aromatic N) is 5. The van der Waals surface area contributed by atoms with Crippen molar-refractivity contribution in [3.05, 3.63) is 60.2 Å². The van der Waals surface area contributed by atoms with Crippen LogP contribution in [0.2, 0.25) is 0 Å². The Morgan fingerprint density at radius 2 is 1.59 bits per heavy atom. The lowest BCUT2D eigenvalue weighted by Crippen LogP contribution is -2.51. The van der Waals surface area contributed by atoms with Crippen LogP contribution in [0.15, 0.2) is 59.7 Å². The summed E-state index contributed by atoms with van der Waals surface area (Å²) < 4.78 is 0. The van der Waals surface area contributed by atoms with E-state index in [2.05, 4.69) is 39.2 Å². The molecule has 2 aliphatic rings. The van der Waals surface area contributed by atoms with Crippen LogP contribution in [0.3, 0.4) is 0 Å². The van der Waals surface area contributed by atoms with Gasteiger partial charge in [-0.15, -0.1) is 0 Å². The zero-order valence-electron chi connectivity index (χ0n) is 15.9. The maximum Gasteiger partial charge on any atom is 0.280 e. The monoisotopic (exact) mass is 363 g/mol. The molecule has 140 valence electrons. The van der Waals surface area contributed by atoms with Gasteiger partial charge in [-0.1, -0.05) is 36.4 Å². The second-order valence-corrected chi connectivity index (χ2v) is 7.13. The summed E-state index contributed by atoms with van der Waals surface area (Å²) in [7, 11) is 3.68. The molecule has 0 aromatic heterocycles. The number of hydrogen-bond donors (Lipinski definition) is 0. The van der Waals surface area contributed by atoms with Gasteiger partial charge < -0.3 is 9.91 Å². The van der Waals surface area contributed by atoms with E-state index in [4.69, 9.17) is 0 Å². The Kier molecular flexibility index (Phi) is 4.81. The van der Waals surface area contributed by atoms with Crippen LogP contribution in [-0.4, -0.2) is 68.5 Å². The molecule has 4 rings (SSSR count). The lowest BCUT2D eigenvalue weighted by Gasteiger charge is -2.37. The molecule has 0 radical (unpaired) electrons. The third-order valence-corrected chi connectivity index (χ3v) is 5.03. The largest absolute Gasteiger partial charge is 0.369 e. The highest BCUT2D eigenvalue weighted by molar-refractivity contribution is 6.54. The van der Waals surface area contributed by atoms with Gasteiger partial charge in [0.1, 0.15) is 0 Å². The van der Waals surface area contributed by atoms with E-state index in [-0.39, 0.29) is 5.91 Å². The predicted octanol–water partition coefficient (Wildman–Crippen LogP) is 2.08. The molecular formula is C21H25N5O. The summed E-state index contributed by atoms with van der Waals surface area (Å²) >= 11 is 0. The third-order valence-electron chi connectivity index (χ3n) is 5.03. The molecule has 1 saturated heterocycles. The van der Waals surface area contributed by atoms with Gasteiger partial charge in [-0.25, -0.2) is 0 Å². The van der Waals surface area contributed by atoms with Crippen molar-refractivity contribution in [1.29, 1.82) is 0 Å². The highest BCUT2D eigenvalue weighted by atomic mass is 16.2. The number of carbonyl (C=O) groups is 1. The molecule has 1 amide bonds. The van der Waals surface area contributed by atoms with Crippen LogP contribution >= 0.6 is 0 Å². The molecule has 0 spiro atoms. The van der Waals surface area contributed by atoms with Gasteiger partial charge in [0.25, 0.3) is 5.91 Å². The van der Waals surface area contributed by atoms with Gasteiger partial charge >= 0.3 is 0 Å². The number of amides is 1. The smallest absolute Gasteiger partial charge is 0.280 e. The summed E-state index contributed by atoms with van der Waals surface area (Å²) in [6, 6.07) is 18.4. The van der Waals surface area contributed by atoms with Crippen LogP contribution in [0, 0.1) is 0 Å². The normalized spacial score (nSPS) is 18.9. The van der Waals surface area contributed by atoms with Crippen LogP contribution in [0.5, 0.6) is 0 Å². The predicted molar refractivity (Wildman–Crippen MR) is 109 cm³/mol. The first-order valence-electron chi connectivity index (χ1n) is 9.33. The first-order chi connectivity index (χ1) is 13.1. The number of carbonyl (C=O) groups excluding carboxylic acids is 1. The van der Waals surface area contributed by atoms with Crippen molar-refractivity contribution in [2.75, 3.05) is 56.7 Å². The van der Waals surface area contributed by atoms with Gasteiger partial charge in [0, 0.05) is 51.5 Å². The van der Waals surface area contributed by atoms with Crippen molar-refractivity contribution in [2.45, 2.75) is 0 Å². The number of hydrazone groups is 1. The molecular weight excluding hydrogens is 338 g/mol. The lowest BCUT2D eigenvalue weighted by atomic mass is 10.1. The topological polar surface area (TPSA) is 42.4 Å².